The van der Waals surface area contributed by atoms with Gasteiger partial charge >= 0.3 is 0 Å². The second kappa shape index (κ2) is 7.40. The summed E-state index contributed by atoms with van der Waals surface area (Å²) in [6, 6.07) is 2.28. The average Bonchev–Trinajstić information content (AvgIpc) is 2.91. The van der Waals surface area contributed by atoms with Gasteiger partial charge in [-0.3, -0.25) is 0 Å². The van der Waals surface area contributed by atoms with Crippen LogP contribution in [-0.4, -0.2) is 54.0 Å². The van der Waals surface area contributed by atoms with Gasteiger partial charge in [-0.2, -0.15) is 4.98 Å². The summed E-state index contributed by atoms with van der Waals surface area (Å²) in [4.78, 5) is 10.9. The maximum absolute atomic E-state index is 9.27. The molecule has 1 unspecified atom stereocenters. The minimum atomic E-state index is 0.0913. The maximum atomic E-state index is 9.27. The summed E-state index contributed by atoms with van der Waals surface area (Å²) in [7, 11) is 0. The standard InChI is InChI=1S/C14H24N4O2/c1-3-20-13-9-11(2)16-14(17-13)18(7-8-19)10-12-5-4-6-15-12/h9,12,15,19H,3-8,10H2,1-2H3. The number of nitrogens with one attached hydrogen (secondary N) is 1. The second-order valence-electron chi connectivity index (χ2n) is 5.04. The van der Waals surface area contributed by atoms with Gasteiger partial charge in [0.15, 0.2) is 0 Å². The molecule has 1 aliphatic heterocycles. The van der Waals surface area contributed by atoms with E-state index in [0.717, 1.165) is 25.2 Å². The van der Waals surface area contributed by atoms with Crippen LogP contribution in [0, 0.1) is 6.92 Å². The van der Waals surface area contributed by atoms with Crippen LogP contribution in [0.2, 0.25) is 0 Å². The molecular weight excluding hydrogens is 256 g/mol. The van der Waals surface area contributed by atoms with Crippen molar-refractivity contribution in [2.75, 3.05) is 37.7 Å². The molecule has 6 heteroatoms. The highest BCUT2D eigenvalue weighted by molar-refractivity contribution is 5.34. The quantitative estimate of drug-likeness (QED) is 0.767. The lowest BCUT2D eigenvalue weighted by atomic mass is 10.2. The molecule has 0 radical (unpaired) electrons. The van der Waals surface area contributed by atoms with Crippen molar-refractivity contribution >= 4 is 5.95 Å². The van der Waals surface area contributed by atoms with Gasteiger partial charge in [-0.25, -0.2) is 4.98 Å². The third-order valence-electron chi connectivity index (χ3n) is 3.37. The predicted octanol–water partition coefficient (Wildman–Crippen LogP) is 0.734. The number of hydrogen-bond acceptors (Lipinski definition) is 6. The van der Waals surface area contributed by atoms with Crippen molar-refractivity contribution in [1.29, 1.82) is 0 Å². The van der Waals surface area contributed by atoms with Gasteiger partial charge in [0.25, 0.3) is 0 Å². The molecule has 0 bridgehead atoms. The lowest BCUT2D eigenvalue weighted by molar-refractivity contribution is 0.298. The van der Waals surface area contributed by atoms with Crippen LogP contribution in [0.1, 0.15) is 25.5 Å². The highest BCUT2D eigenvalue weighted by Crippen LogP contribution is 2.17. The van der Waals surface area contributed by atoms with Crippen LogP contribution in [-0.2, 0) is 0 Å². The number of ether oxygens (including phenoxy) is 1. The third-order valence-corrected chi connectivity index (χ3v) is 3.37. The van der Waals surface area contributed by atoms with E-state index in [1.807, 2.05) is 24.8 Å². The van der Waals surface area contributed by atoms with E-state index in [-0.39, 0.29) is 6.61 Å². The van der Waals surface area contributed by atoms with Crippen molar-refractivity contribution in [3.05, 3.63) is 11.8 Å². The molecule has 1 fully saturated rings. The molecule has 0 aromatic carbocycles. The third kappa shape index (κ3) is 4.05. The molecule has 0 saturated carbocycles. The summed E-state index contributed by atoms with van der Waals surface area (Å²) >= 11 is 0. The summed E-state index contributed by atoms with van der Waals surface area (Å²) < 4.78 is 5.47. The average molecular weight is 280 g/mol. The molecule has 0 spiro atoms. The molecule has 2 heterocycles. The van der Waals surface area contributed by atoms with E-state index < -0.39 is 0 Å². The zero-order valence-corrected chi connectivity index (χ0v) is 12.3. The van der Waals surface area contributed by atoms with E-state index in [2.05, 4.69) is 15.3 Å². The van der Waals surface area contributed by atoms with E-state index in [4.69, 9.17) is 4.74 Å². The first-order valence-corrected chi connectivity index (χ1v) is 7.30. The predicted molar refractivity (Wildman–Crippen MR) is 78.3 cm³/mol. The van der Waals surface area contributed by atoms with Gasteiger partial charge in [0.05, 0.1) is 13.2 Å². The van der Waals surface area contributed by atoms with Gasteiger partial charge in [0.2, 0.25) is 11.8 Å². The van der Waals surface area contributed by atoms with Gasteiger partial charge in [0.1, 0.15) is 0 Å². The van der Waals surface area contributed by atoms with Crippen LogP contribution in [0.4, 0.5) is 5.95 Å². The Hall–Kier alpha value is -1.40. The van der Waals surface area contributed by atoms with Crippen molar-refractivity contribution in [3.8, 4) is 5.88 Å². The summed E-state index contributed by atoms with van der Waals surface area (Å²) in [5.74, 6) is 1.23. The van der Waals surface area contributed by atoms with E-state index in [9.17, 15) is 5.11 Å². The Kier molecular flexibility index (Phi) is 5.55. The lowest BCUT2D eigenvalue weighted by Crippen LogP contribution is -2.40. The number of hydrogen-bond donors (Lipinski definition) is 2. The van der Waals surface area contributed by atoms with Crippen molar-refractivity contribution in [3.63, 3.8) is 0 Å². The Balaban J connectivity index is 2.14. The van der Waals surface area contributed by atoms with E-state index in [1.165, 1.54) is 6.42 Å². The van der Waals surface area contributed by atoms with Gasteiger partial charge in [-0.05, 0) is 33.2 Å². The van der Waals surface area contributed by atoms with E-state index in [0.29, 0.717) is 31.0 Å². The van der Waals surface area contributed by atoms with Gasteiger partial charge in [-0.15, -0.1) is 0 Å². The van der Waals surface area contributed by atoms with Crippen molar-refractivity contribution < 1.29 is 9.84 Å². The number of aliphatic hydroxyl groups is 1. The molecule has 1 atom stereocenters. The maximum Gasteiger partial charge on any atom is 0.229 e. The zero-order valence-electron chi connectivity index (χ0n) is 12.3. The molecule has 1 saturated heterocycles. The first-order valence-electron chi connectivity index (χ1n) is 7.30. The SMILES string of the molecule is CCOc1cc(C)nc(N(CCO)CC2CCCN2)n1. The van der Waals surface area contributed by atoms with Crippen LogP contribution in [0.25, 0.3) is 0 Å². The fourth-order valence-corrected chi connectivity index (χ4v) is 2.46. The van der Waals surface area contributed by atoms with E-state index >= 15 is 0 Å². The smallest absolute Gasteiger partial charge is 0.229 e. The monoisotopic (exact) mass is 280 g/mol. The second-order valence-corrected chi connectivity index (χ2v) is 5.04. The van der Waals surface area contributed by atoms with Crippen LogP contribution < -0.4 is 15.0 Å². The zero-order chi connectivity index (χ0) is 14.4. The topological polar surface area (TPSA) is 70.5 Å². The summed E-state index contributed by atoms with van der Waals surface area (Å²) in [5, 5.41) is 12.7. The highest BCUT2D eigenvalue weighted by atomic mass is 16.5. The molecule has 1 aliphatic rings. The molecule has 0 aliphatic carbocycles. The molecule has 112 valence electrons. The molecule has 20 heavy (non-hydrogen) atoms. The minimum absolute atomic E-state index is 0.0913. The number of nitrogens with zero attached hydrogens (tertiary/aromatic N) is 3. The number of aliphatic hydroxyl groups excluding tert-OH is 1. The van der Waals surface area contributed by atoms with Gasteiger partial charge < -0.3 is 20.1 Å². The van der Waals surface area contributed by atoms with Crippen LogP contribution in [0.15, 0.2) is 6.07 Å². The van der Waals surface area contributed by atoms with Crippen LogP contribution in [0.5, 0.6) is 5.88 Å². The number of aryl methyl sites for hydroxylation is 1. The minimum Gasteiger partial charge on any atom is -0.478 e. The first-order chi connectivity index (χ1) is 9.72. The van der Waals surface area contributed by atoms with Crippen molar-refractivity contribution in [1.82, 2.24) is 15.3 Å². The Morgan fingerprint density at radius 2 is 2.35 bits per heavy atom. The number of rotatable bonds is 7. The van der Waals surface area contributed by atoms with Crippen LogP contribution >= 0.6 is 0 Å². The normalized spacial score (nSPS) is 18.2. The first kappa shape index (κ1) is 15.0. The summed E-state index contributed by atoms with van der Waals surface area (Å²) in [5.41, 5.74) is 0.876. The molecule has 1 aromatic heterocycles. The highest BCUT2D eigenvalue weighted by Gasteiger charge is 2.20. The lowest BCUT2D eigenvalue weighted by Gasteiger charge is -2.25. The Morgan fingerprint density at radius 3 is 3.00 bits per heavy atom. The molecule has 1 aromatic rings. The Labute approximate surface area is 120 Å². The molecular formula is C14H24N4O2. The molecule has 0 amide bonds. The molecule has 2 N–H and O–H groups in total. The summed E-state index contributed by atoms with van der Waals surface area (Å²) in [6.45, 7) is 6.96. The van der Waals surface area contributed by atoms with Gasteiger partial charge in [-0.1, -0.05) is 0 Å². The summed E-state index contributed by atoms with van der Waals surface area (Å²) in [6.07, 6.45) is 2.36. The Bertz CT molecular complexity index is 422. The van der Waals surface area contributed by atoms with Crippen molar-refractivity contribution in [2.45, 2.75) is 32.7 Å². The van der Waals surface area contributed by atoms with Crippen LogP contribution in [0.3, 0.4) is 0 Å². The largest absolute Gasteiger partial charge is 0.478 e. The molecule has 6 nitrogen and oxygen atoms in total. The number of aromatic nitrogens is 2. The van der Waals surface area contributed by atoms with Gasteiger partial charge in [0, 0.05) is 30.9 Å². The van der Waals surface area contributed by atoms with Crippen molar-refractivity contribution in [2.24, 2.45) is 0 Å². The molecule has 2 rings (SSSR count). The fraction of sp³-hybridized carbons (Fsp3) is 0.714. The fourth-order valence-electron chi connectivity index (χ4n) is 2.46. The number of anilines is 1. The van der Waals surface area contributed by atoms with E-state index in [1.54, 1.807) is 0 Å². The Morgan fingerprint density at radius 1 is 1.50 bits per heavy atom.